The fourth-order valence-corrected chi connectivity index (χ4v) is 3.93. The van der Waals surface area contributed by atoms with E-state index in [9.17, 15) is 19.8 Å². The summed E-state index contributed by atoms with van der Waals surface area (Å²) < 4.78 is 10.1. The first kappa shape index (κ1) is 22.9. The molecule has 2 heterocycles. The summed E-state index contributed by atoms with van der Waals surface area (Å²) in [5.41, 5.74) is 0.608. The van der Waals surface area contributed by atoms with E-state index in [1.54, 1.807) is 6.08 Å². The first-order chi connectivity index (χ1) is 13.5. The zero-order valence-electron chi connectivity index (χ0n) is 17.1. The van der Waals surface area contributed by atoms with Gasteiger partial charge in [0.15, 0.2) is 0 Å². The highest BCUT2D eigenvalue weighted by atomic mass is 16.6. The Hall–Kier alpha value is -1.40. The molecule has 160 valence electrons. The molecule has 2 rings (SSSR count). The fourth-order valence-electron chi connectivity index (χ4n) is 3.93. The van der Waals surface area contributed by atoms with Crippen molar-refractivity contribution in [3.63, 3.8) is 0 Å². The van der Waals surface area contributed by atoms with Gasteiger partial charge >= 0.3 is 11.9 Å². The monoisotopic (exact) mass is 396 g/mol. The van der Waals surface area contributed by atoms with Gasteiger partial charge in [0.1, 0.15) is 12.2 Å². The first-order valence-electron chi connectivity index (χ1n) is 10.9. The molecule has 6 nitrogen and oxygen atoms in total. The van der Waals surface area contributed by atoms with Crippen LogP contribution in [0.1, 0.15) is 90.4 Å². The van der Waals surface area contributed by atoms with Crippen LogP contribution in [0.4, 0.5) is 0 Å². The van der Waals surface area contributed by atoms with Crippen LogP contribution in [-0.2, 0) is 19.1 Å². The molecule has 1 saturated heterocycles. The zero-order valence-corrected chi connectivity index (χ0v) is 17.1. The highest BCUT2D eigenvalue weighted by molar-refractivity contribution is 5.90. The number of aliphatic hydroxyl groups excluding tert-OH is 2. The highest BCUT2D eigenvalue weighted by Gasteiger charge is 2.29. The lowest BCUT2D eigenvalue weighted by molar-refractivity contribution is -0.145. The van der Waals surface area contributed by atoms with Gasteiger partial charge in [0.25, 0.3) is 0 Å². The molecule has 6 heteroatoms. The van der Waals surface area contributed by atoms with Gasteiger partial charge in [-0.1, -0.05) is 51.4 Å². The smallest absolute Gasteiger partial charge is 0.334 e. The SMILES string of the molecule is C[C@H]1C=C(C[C@H](O)CCCCCCCCCC[C@@H](O)[C@H]2CCC(=O)O2)C(=O)O1. The minimum Gasteiger partial charge on any atom is -0.460 e. The number of rotatable bonds is 14. The number of unbranched alkanes of at least 4 members (excludes halogenated alkanes) is 7. The van der Waals surface area contributed by atoms with Crippen molar-refractivity contribution in [3.8, 4) is 0 Å². The lowest BCUT2D eigenvalue weighted by atomic mass is 10.0. The van der Waals surface area contributed by atoms with Crippen LogP contribution in [0.3, 0.4) is 0 Å². The number of ether oxygens (including phenoxy) is 2. The molecular formula is C22H36O6. The average molecular weight is 397 g/mol. The molecule has 0 bridgehead atoms. The van der Waals surface area contributed by atoms with Crippen LogP contribution in [-0.4, -0.2) is 46.6 Å². The van der Waals surface area contributed by atoms with Crippen molar-refractivity contribution in [1.29, 1.82) is 0 Å². The summed E-state index contributed by atoms with van der Waals surface area (Å²) >= 11 is 0. The molecule has 0 saturated carbocycles. The summed E-state index contributed by atoms with van der Waals surface area (Å²) in [4.78, 5) is 22.6. The Morgan fingerprint density at radius 3 is 2.11 bits per heavy atom. The van der Waals surface area contributed by atoms with Gasteiger partial charge in [-0.3, -0.25) is 4.79 Å². The topological polar surface area (TPSA) is 93.1 Å². The molecule has 0 aliphatic carbocycles. The molecule has 0 radical (unpaired) electrons. The minimum absolute atomic E-state index is 0.168. The number of cyclic esters (lactones) is 2. The largest absolute Gasteiger partial charge is 0.460 e. The van der Waals surface area contributed by atoms with E-state index in [4.69, 9.17) is 9.47 Å². The summed E-state index contributed by atoms with van der Waals surface area (Å²) in [6, 6.07) is 0. The second-order valence-corrected chi connectivity index (χ2v) is 8.20. The van der Waals surface area contributed by atoms with E-state index >= 15 is 0 Å². The zero-order chi connectivity index (χ0) is 20.4. The van der Waals surface area contributed by atoms with E-state index in [1.165, 1.54) is 12.8 Å². The second kappa shape index (κ2) is 12.2. The highest BCUT2D eigenvalue weighted by Crippen LogP contribution is 2.22. The van der Waals surface area contributed by atoms with E-state index in [2.05, 4.69) is 0 Å². The van der Waals surface area contributed by atoms with Gasteiger partial charge in [-0.05, 0) is 32.3 Å². The molecule has 0 unspecified atom stereocenters. The normalized spacial score (nSPS) is 24.0. The van der Waals surface area contributed by atoms with Crippen molar-refractivity contribution in [2.45, 2.75) is 115 Å². The minimum atomic E-state index is -0.511. The number of aliphatic hydroxyl groups is 2. The maximum absolute atomic E-state index is 11.5. The predicted molar refractivity (Wildman–Crippen MR) is 106 cm³/mol. The van der Waals surface area contributed by atoms with Crippen molar-refractivity contribution in [3.05, 3.63) is 11.6 Å². The molecule has 2 N–H and O–H groups in total. The summed E-state index contributed by atoms with van der Waals surface area (Å²) in [6.45, 7) is 1.83. The van der Waals surface area contributed by atoms with Crippen molar-refractivity contribution in [2.75, 3.05) is 0 Å². The maximum Gasteiger partial charge on any atom is 0.334 e. The van der Waals surface area contributed by atoms with Gasteiger partial charge in [-0.25, -0.2) is 4.79 Å². The van der Waals surface area contributed by atoms with Crippen molar-refractivity contribution < 1.29 is 29.3 Å². The Balaban J connectivity index is 1.37. The lowest BCUT2D eigenvalue weighted by Gasteiger charge is -2.16. The van der Waals surface area contributed by atoms with Crippen LogP contribution in [0, 0.1) is 0 Å². The van der Waals surface area contributed by atoms with Gasteiger partial charge in [0, 0.05) is 18.4 Å². The second-order valence-electron chi connectivity index (χ2n) is 8.20. The Morgan fingerprint density at radius 2 is 1.57 bits per heavy atom. The van der Waals surface area contributed by atoms with Crippen molar-refractivity contribution in [2.24, 2.45) is 0 Å². The third-order valence-electron chi connectivity index (χ3n) is 5.58. The maximum atomic E-state index is 11.5. The lowest BCUT2D eigenvalue weighted by Crippen LogP contribution is -2.25. The molecule has 0 aromatic carbocycles. The summed E-state index contributed by atoms with van der Waals surface area (Å²) in [7, 11) is 0. The standard InChI is InChI=1S/C22H36O6/c1-16-14-17(22(26)27-16)15-18(23)10-8-6-4-2-3-5-7-9-11-19(24)20-12-13-21(25)28-20/h14,16,18-20,23-24H,2-13,15H2,1H3/t16-,18+,19+,20+/m0/s1. The first-order valence-corrected chi connectivity index (χ1v) is 10.9. The molecule has 1 fully saturated rings. The van der Waals surface area contributed by atoms with Crippen LogP contribution in [0.25, 0.3) is 0 Å². The molecule has 28 heavy (non-hydrogen) atoms. The van der Waals surface area contributed by atoms with Crippen LogP contribution in [0.2, 0.25) is 0 Å². The predicted octanol–water partition coefficient (Wildman–Crippen LogP) is 3.58. The van der Waals surface area contributed by atoms with Gasteiger partial charge in [-0.2, -0.15) is 0 Å². The van der Waals surface area contributed by atoms with Crippen molar-refractivity contribution >= 4 is 11.9 Å². The summed E-state index contributed by atoms with van der Waals surface area (Å²) in [6.07, 6.45) is 12.1. The third kappa shape index (κ3) is 8.31. The average Bonchev–Trinajstić information content (AvgIpc) is 3.21. The van der Waals surface area contributed by atoms with Gasteiger partial charge in [-0.15, -0.1) is 0 Å². The van der Waals surface area contributed by atoms with Crippen LogP contribution in [0.15, 0.2) is 11.6 Å². The van der Waals surface area contributed by atoms with Gasteiger partial charge < -0.3 is 19.7 Å². The molecule has 2 aliphatic rings. The number of esters is 2. The van der Waals surface area contributed by atoms with Crippen LogP contribution >= 0.6 is 0 Å². The number of carbonyl (C=O) groups is 2. The molecule has 0 aromatic heterocycles. The van der Waals surface area contributed by atoms with Crippen LogP contribution < -0.4 is 0 Å². The molecule has 4 atom stereocenters. The van der Waals surface area contributed by atoms with E-state index in [-0.39, 0.29) is 24.1 Å². The van der Waals surface area contributed by atoms with E-state index in [0.717, 1.165) is 44.9 Å². The number of hydrogen-bond donors (Lipinski definition) is 2. The Morgan fingerprint density at radius 1 is 0.964 bits per heavy atom. The fraction of sp³-hybridized carbons (Fsp3) is 0.818. The quantitative estimate of drug-likeness (QED) is 0.344. The van der Waals surface area contributed by atoms with E-state index < -0.39 is 12.2 Å². The Bertz CT molecular complexity index is 529. The third-order valence-corrected chi connectivity index (χ3v) is 5.58. The van der Waals surface area contributed by atoms with Gasteiger partial charge in [0.05, 0.1) is 12.2 Å². The molecular weight excluding hydrogens is 360 g/mol. The molecule has 0 spiro atoms. The van der Waals surface area contributed by atoms with Crippen molar-refractivity contribution in [1.82, 2.24) is 0 Å². The Kier molecular flexibility index (Phi) is 9.99. The van der Waals surface area contributed by atoms with E-state index in [1.807, 2.05) is 6.92 Å². The Labute approximate surface area is 168 Å². The van der Waals surface area contributed by atoms with Gasteiger partial charge in [0.2, 0.25) is 0 Å². The number of carbonyl (C=O) groups excluding carboxylic acids is 2. The van der Waals surface area contributed by atoms with Crippen LogP contribution in [0.5, 0.6) is 0 Å². The number of hydrogen-bond acceptors (Lipinski definition) is 6. The summed E-state index contributed by atoms with van der Waals surface area (Å²) in [5.74, 6) is -0.479. The molecule has 2 aliphatic heterocycles. The molecule has 0 aromatic rings. The van der Waals surface area contributed by atoms with E-state index in [0.29, 0.717) is 31.3 Å². The summed E-state index contributed by atoms with van der Waals surface area (Å²) in [5, 5.41) is 20.1. The molecule has 0 amide bonds.